The van der Waals surface area contributed by atoms with E-state index in [0.29, 0.717) is 0 Å². The first kappa shape index (κ1) is 18.6. The van der Waals surface area contributed by atoms with E-state index in [0.717, 1.165) is 30.9 Å². The molecule has 0 saturated heterocycles. The van der Waals surface area contributed by atoms with Crippen LogP contribution in [0.15, 0.2) is 36.0 Å². The Morgan fingerprint density at radius 1 is 0.955 bits per heavy atom. The quantitative estimate of drug-likeness (QED) is 0.442. The van der Waals surface area contributed by atoms with Gasteiger partial charge in [0, 0.05) is 5.69 Å². The second-order valence-electron chi connectivity index (χ2n) is 5.98. The van der Waals surface area contributed by atoms with Crippen molar-refractivity contribution in [3.05, 3.63) is 36.0 Å². The summed E-state index contributed by atoms with van der Waals surface area (Å²) in [7, 11) is 0. The monoisotopic (exact) mass is 303 g/mol. The molecule has 0 saturated carbocycles. The fourth-order valence-corrected chi connectivity index (χ4v) is 2.21. The van der Waals surface area contributed by atoms with Crippen molar-refractivity contribution in [1.82, 2.24) is 0 Å². The van der Waals surface area contributed by atoms with E-state index < -0.39 is 0 Å². The Labute approximate surface area is 137 Å². The van der Waals surface area contributed by atoms with Crippen LogP contribution in [0.1, 0.15) is 72.1 Å². The molecule has 0 radical (unpaired) electrons. The number of nitrogens with one attached hydrogen (secondary N) is 1. The number of hydrogen-bond acceptors (Lipinski definition) is 2. The van der Waals surface area contributed by atoms with E-state index in [2.05, 4.69) is 44.4 Å². The average Bonchev–Trinajstić information content (AvgIpc) is 2.56. The molecule has 1 N–H and O–H groups in total. The molecular formula is C20H33NO. The van der Waals surface area contributed by atoms with Crippen molar-refractivity contribution in [3.8, 4) is 5.75 Å². The molecule has 1 rings (SSSR count). The fraction of sp³-hybridized carbons (Fsp3) is 0.600. The van der Waals surface area contributed by atoms with Crippen molar-refractivity contribution in [3.63, 3.8) is 0 Å². The summed E-state index contributed by atoms with van der Waals surface area (Å²) in [6.07, 6.45) is 12.4. The van der Waals surface area contributed by atoms with Crippen molar-refractivity contribution in [2.24, 2.45) is 0 Å². The molecule has 0 aliphatic heterocycles. The minimum absolute atomic E-state index is 0.829. The predicted octanol–water partition coefficient (Wildman–Crippen LogP) is 6.54. The predicted molar refractivity (Wildman–Crippen MR) is 97.6 cm³/mol. The molecule has 2 nitrogen and oxygen atoms in total. The van der Waals surface area contributed by atoms with Crippen LogP contribution in [0, 0.1) is 0 Å². The molecule has 0 aromatic heterocycles. The minimum Gasteiger partial charge on any atom is -0.494 e. The van der Waals surface area contributed by atoms with E-state index >= 15 is 0 Å². The van der Waals surface area contributed by atoms with Gasteiger partial charge in [0.05, 0.1) is 6.61 Å². The lowest BCUT2D eigenvalue weighted by Crippen LogP contribution is -1.97. The topological polar surface area (TPSA) is 21.3 Å². The second-order valence-corrected chi connectivity index (χ2v) is 5.98. The first-order valence-corrected chi connectivity index (χ1v) is 8.91. The van der Waals surface area contributed by atoms with E-state index in [1.807, 2.05) is 12.1 Å². The molecule has 124 valence electrons. The standard InChI is InChI=1S/C20H33NO/c1-4-6-7-8-9-10-11-16-22-20-14-12-19(13-15-20)21-17-18(3)5-2/h12-15,17,21H,4-11,16H2,1-3H3/b18-17-. The van der Waals surface area contributed by atoms with Gasteiger partial charge in [0.25, 0.3) is 0 Å². The van der Waals surface area contributed by atoms with E-state index in [9.17, 15) is 0 Å². The minimum atomic E-state index is 0.829. The summed E-state index contributed by atoms with van der Waals surface area (Å²) in [6, 6.07) is 8.22. The van der Waals surface area contributed by atoms with E-state index in [-0.39, 0.29) is 0 Å². The molecule has 0 atom stereocenters. The molecule has 0 aliphatic carbocycles. The van der Waals surface area contributed by atoms with Crippen molar-refractivity contribution >= 4 is 5.69 Å². The molecule has 2 heteroatoms. The molecule has 1 aromatic carbocycles. The zero-order chi connectivity index (χ0) is 16.0. The maximum Gasteiger partial charge on any atom is 0.119 e. The second kappa shape index (κ2) is 12.1. The van der Waals surface area contributed by atoms with E-state index in [1.165, 1.54) is 44.1 Å². The molecule has 0 heterocycles. The van der Waals surface area contributed by atoms with Gasteiger partial charge in [-0.15, -0.1) is 0 Å². The van der Waals surface area contributed by atoms with Crippen molar-refractivity contribution in [2.75, 3.05) is 11.9 Å². The van der Waals surface area contributed by atoms with Gasteiger partial charge in [-0.3, -0.25) is 0 Å². The van der Waals surface area contributed by atoms with Crippen LogP contribution in [0.5, 0.6) is 5.75 Å². The summed E-state index contributed by atoms with van der Waals surface area (Å²) >= 11 is 0. The van der Waals surface area contributed by atoms with Gasteiger partial charge in [0.2, 0.25) is 0 Å². The maximum absolute atomic E-state index is 5.79. The average molecular weight is 303 g/mol. The SMILES string of the molecule is CCCCCCCCCOc1ccc(N/C=C(/C)CC)cc1. The lowest BCUT2D eigenvalue weighted by atomic mass is 10.1. The Morgan fingerprint density at radius 3 is 2.23 bits per heavy atom. The van der Waals surface area contributed by atoms with Crippen molar-refractivity contribution in [2.45, 2.75) is 72.1 Å². The Kier molecular flexibility index (Phi) is 10.3. The summed E-state index contributed by atoms with van der Waals surface area (Å²) in [5, 5.41) is 3.31. The first-order valence-electron chi connectivity index (χ1n) is 8.91. The largest absolute Gasteiger partial charge is 0.494 e. The van der Waals surface area contributed by atoms with Gasteiger partial charge in [0.1, 0.15) is 5.75 Å². The molecule has 0 bridgehead atoms. The molecular weight excluding hydrogens is 270 g/mol. The lowest BCUT2D eigenvalue weighted by molar-refractivity contribution is 0.304. The summed E-state index contributed by atoms with van der Waals surface area (Å²) < 4.78 is 5.79. The third-order valence-electron chi connectivity index (χ3n) is 3.91. The molecule has 0 amide bonds. The molecule has 0 unspecified atom stereocenters. The van der Waals surface area contributed by atoms with Crippen molar-refractivity contribution in [1.29, 1.82) is 0 Å². The zero-order valence-corrected chi connectivity index (χ0v) is 14.7. The Hall–Kier alpha value is -1.44. The van der Waals surface area contributed by atoms with Crippen LogP contribution in [0.4, 0.5) is 5.69 Å². The Bertz CT molecular complexity index is 408. The smallest absolute Gasteiger partial charge is 0.119 e. The Balaban J connectivity index is 2.14. The number of unbranched alkanes of at least 4 members (excludes halogenated alkanes) is 6. The number of anilines is 1. The highest BCUT2D eigenvalue weighted by atomic mass is 16.5. The Morgan fingerprint density at radius 2 is 1.59 bits per heavy atom. The van der Waals surface area contributed by atoms with E-state index in [1.54, 1.807) is 0 Å². The maximum atomic E-state index is 5.79. The first-order chi connectivity index (χ1) is 10.8. The normalized spacial score (nSPS) is 11.5. The highest BCUT2D eigenvalue weighted by Gasteiger charge is 1.96. The molecule has 0 spiro atoms. The van der Waals surface area contributed by atoms with Gasteiger partial charge in [-0.05, 0) is 50.2 Å². The molecule has 0 fully saturated rings. The molecule has 0 aliphatic rings. The third kappa shape index (κ3) is 8.76. The number of allylic oxidation sites excluding steroid dienone is 1. The van der Waals surface area contributed by atoms with Gasteiger partial charge in [-0.1, -0.05) is 57.9 Å². The van der Waals surface area contributed by atoms with Gasteiger partial charge in [0.15, 0.2) is 0 Å². The van der Waals surface area contributed by atoms with Crippen LogP contribution < -0.4 is 10.1 Å². The van der Waals surface area contributed by atoms with Gasteiger partial charge < -0.3 is 10.1 Å². The van der Waals surface area contributed by atoms with Gasteiger partial charge in [-0.25, -0.2) is 0 Å². The summed E-state index contributed by atoms with van der Waals surface area (Å²) in [5.74, 6) is 0.965. The summed E-state index contributed by atoms with van der Waals surface area (Å²) in [5.41, 5.74) is 2.45. The highest BCUT2D eigenvalue weighted by molar-refractivity contribution is 5.48. The van der Waals surface area contributed by atoms with Crippen LogP contribution in [0.2, 0.25) is 0 Å². The number of benzene rings is 1. The van der Waals surface area contributed by atoms with Crippen LogP contribution >= 0.6 is 0 Å². The van der Waals surface area contributed by atoms with Crippen LogP contribution in [-0.4, -0.2) is 6.61 Å². The summed E-state index contributed by atoms with van der Waals surface area (Å²) in [6.45, 7) is 7.38. The fourth-order valence-electron chi connectivity index (χ4n) is 2.21. The van der Waals surface area contributed by atoms with Crippen LogP contribution in [0.3, 0.4) is 0 Å². The number of hydrogen-bond donors (Lipinski definition) is 1. The summed E-state index contributed by atoms with van der Waals surface area (Å²) in [4.78, 5) is 0. The van der Waals surface area contributed by atoms with Crippen molar-refractivity contribution < 1.29 is 4.74 Å². The molecule has 22 heavy (non-hydrogen) atoms. The van der Waals surface area contributed by atoms with Gasteiger partial charge in [-0.2, -0.15) is 0 Å². The van der Waals surface area contributed by atoms with E-state index in [4.69, 9.17) is 4.74 Å². The third-order valence-corrected chi connectivity index (χ3v) is 3.91. The number of ether oxygens (including phenoxy) is 1. The molecule has 1 aromatic rings. The number of rotatable bonds is 12. The lowest BCUT2D eigenvalue weighted by Gasteiger charge is -2.08. The van der Waals surface area contributed by atoms with Crippen LogP contribution in [0.25, 0.3) is 0 Å². The zero-order valence-electron chi connectivity index (χ0n) is 14.7. The van der Waals surface area contributed by atoms with Crippen LogP contribution in [-0.2, 0) is 0 Å². The van der Waals surface area contributed by atoms with Gasteiger partial charge >= 0.3 is 0 Å². The highest BCUT2D eigenvalue weighted by Crippen LogP contribution is 2.17.